The van der Waals surface area contributed by atoms with Crippen molar-refractivity contribution in [2.45, 2.75) is 19.0 Å². The van der Waals surface area contributed by atoms with E-state index in [1.165, 1.54) is 6.07 Å². The molecule has 0 saturated heterocycles. The van der Waals surface area contributed by atoms with E-state index < -0.39 is 11.7 Å². The Kier molecular flexibility index (Phi) is 3.78. The Bertz CT molecular complexity index is 349. The van der Waals surface area contributed by atoms with Crippen LogP contribution >= 0.6 is 15.9 Å². The topological polar surface area (TPSA) is 26.0 Å². The maximum Gasteiger partial charge on any atom is 0.416 e. The number of nitrogens with two attached hydrogens (primary N) is 1. The third-order valence-corrected chi connectivity index (χ3v) is 2.93. The molecule has 0 aromatic heterocycles. The summed E-state index contributed by atoms with van der Waals surface area (Å²) in [5, 5.41) is 0. The predicted molar refractivity (Wildman–Crippen MR) is 56.6 cm³/mol. The summed E-state index contributed by atoms with van der Waals surface area (Å²) in [6, 6.07) is 3.60. The summed E-state index contributed by atoms with van der Waals surface area (Å²) >= 11 is 3.22. The van der Waals surface area contributed by atoms with Gasteiger partial charge in [0.25, 0.3) is 0 Å². The Balaban J connectivity index is 3.17. The predicted octanol–water partition coefficient (Wildman–Crippen LogP) is 3.53. The van der Waals surface area contributed by atoms with E-state index in [0.29, 0.717) is 16.6 Å². The number of halogens is 4. The van der Waals surface area contributed by atoms with Gasteiger partial charge in [-0.15, -0.1) is 0 Å². The van der Waals surface area contributed by atoms with Gasteiger partial charge in [-0.3, -0.25) is 0 Å². The van der Waals surface area contributed by atoms with Crippen LogP contribution in [0.25, 0.3) is 0 Å². The molecule has 1 unspecified atom stereocenters. The van der Waals surface area contributed by atoms with Gasteiger partial charge in [-0.2, -0.15) is 13.2 Å². The van der Waals surface area contributed by atoms with Crippen LogP contribution in [0.1, 0.15) is 24.0 Å². The molecule has 1 rings (SSSR count). The van der Waals surface area contributed by atoms with Crippen LogP contribution in [0.4, 0.5) is 13.2 Å². The molecule has 0 bridgehead atoms. The standard InChI is InChI=1S/C10H11BrF3N/c1-6(5-15)8-4-7(10(12,13)14)2-3-9(8)11/h2-4,6H,5,15H2,1H3. The van der Waals surface area contributed by atoms with E-state index in [9.17, 15) is 13.2 Å². The van der Waals surface area contributed by atoms with E-state index in [1.807, 2.05) is 0 Å². The van der Waals surface area contributed by atoms with Crippen LogP contribution in [-0.4, -0.2) is 6.54 Å². The molecule has 0 fully saturated rings. The lowest BCUT2D eigenvalue weighted by Crippen LogP contribution is -2.12. The van der Waals surface area contributed by atoms with Crippen molar-refractivity contribution in [2.24, 2.45) is 5.73 Å². The normalized spacial score (nSPS) is 14.0. The minimum absolute atomic E-state index is 0.0957. The third kappa shape index (κ3) is 2.95. The number of hydrogen-bond donors (Lipinski definition) is 1. The zero-order valence-electron chi connectivity index (χ0n) is 8.11. The van der Waals surface area contributed by atoms with E-state index in [-0.39, 0.29) is 5.92 Å². The number of benzene rings is 1. The number of rotatable bonds is 2. The number of hydrogen-bond acceptors (Lipinski definition) is 1. The first-order valence-electron chi connectivity index (χ1n) is 4.43. The summed E-state index contributed by atoms with van der Waals surface area (Å²) in [5.74, 6) is -0.0957. The molecule has 2 N–H and O–H groups in total. The first kappa shape index (κ1) is 12.5. The van der Waals surface area contributed by atoms with E-state index >= 15 is 0 Å². The van der Waals surface area contributed by atoms with Crippen LogP contribution in [0.2, 0.25) is 0 Å². The smallest absolute Gasteiger partial charge is 0.330 e. The lowest BCUT2D eigenvalue weighted by molar-refractivity contribution is -0.137. The summed E-state index contributed by atoms with van der Waals surface area (Å²) in [7, 11) is 0. The minimum atomic E-state index is -4.30. The quantitative estimate of drug-likeness (QED) is 0.882. The fourth-order valence-electron chi connectivity index (χ4n) is 1.22. The Morgan fingerprint density at radius 1 is 1.40 bits per heavy atom. The van der Waals surface area contributed by atoms with Crippen molar-refractivity contribution in [1.29, 1.82) is 0 Å². The molecule has 0 amide bonds. The van der Waals surface area contributed by atoms with Gasteiger partial charge in [-0.05, 0) is 36.2 Å². The molecular formula is C10H11BrF3N. The minimum Gasteiger partial charge on any atom is -0.330 e. The summed E-state index contributed by atoms with van der Waals surface area (Å²) in [6.45, 7) is 2.11. The van der Waals surface area contributed by atoms with Crippen molar-refractivity contribution in [3.8, 4) is 0 Å². The molecule has 1 nitrogen and oxygen atoms in total. The molecular weight excluding hydrogens is 271 g/mol. The fraction of sp³-hybridized carbons (Fsp3) is 0.400. The van der Waals surface area contributed by atoms with Crippen LogP contribution < -0.4 is 5.73 Å². The highest BCUT2D eigenvalue weighted by Crippen LogP contribution is 2.34. The van der Waals surface area contributed by atoms with Crippen molar-refractivity contribution in [2.75, 3.05) is 6.54 Å². The molecule has 1 aromatic carbocycles. The van der Waals surface area contributed by atoms with Crippen molar-refractivity contribution in [3.63, 3.8) is 0 Å². The van der Waals surface area contributed by atoms with Gasteiger partial charge in [0.2, 0.25) is 0 Å². The van der Waals surface area contributed by atoms with Gasteiger partial charge in [0.05, 0.1) is 5.56 Å². The second-order valence-corrected chi connectivity index (χ2v) is 4.23. The van der Waals surface area contributed by atoms with Gasteiger partial charge < -0.3 is 5.73 Å². The van der Waals surface area contributed by atoms with Crippen LogP contribution in [0, 0.1) is 0 Å². The summed E-state index contributed by atoms with van der Waals surface area (Å²) in [5.41, 5.74) is 5.38. The van der Waals surface area contributed by atoms with Crippen molar-refractivity contribution < 1.29 is 13.2 Å². The zero-order chi connectivity index (χ0) is 11.6. The first-order valence-corrected chi connectivity index (χ1v) is 5.22. The molecule has 1 atom stereocenters. The molecule has 0 aliphatic heterocycles. The number of alkyl halides is 3. The fourth-order valence-corrected chi connectivity index (χ4v) is 1.86. The Labute approximate surface area is 94.6 Å². The Morgan fingerprint density at radius 3 is 2.47 bits per heavy atom. The first-order chi connectivity index (χ1) is 6.86. The average molecular weight is 282 g/mol. The molecule has 15 heavy (non-hydrogen) atoms. The van der Waals surface area contributed by atoms with Crippen molar-refractivity contribution in [3.05, 3.63) is 33.8 Å². The summed E-state index contributed by atoms with van der Waals surface area (Å²) in [4.78, 5) is 0. The van der Waals surface area contributed by atoms with Crippen LogP contribution in [0.5, 0.6) is 0 Å². The largest absolute Gasteiger partial charge is 0.416 e. The maximum absolute atomic E-state index is 12.4. The van der Waals surface area contributed by atoms with Crippen LogP contribution in [-0.2, 0) is 6.18 Å². The molecule has 0 spiro atoms. The highest BCUT2D eigenvalue weighted by atomic mass is 79.9. The molecule has 0 aliphatic carbocycles. The Hall–Kier alpha value is -0.550. The molecule has 0 heterocycles. The summed E-state index contributed by atoms with van der Waals surface area (Å²) in [6.07, 6.45) is -4.30. The van der Waals surface area contributed by atoms with Gasteiger partial charge in [0.1, 0.15) is 0 Å². The van der Waals surface area contributed by atoms with Crippen LogP contribution in [0.3, 0.4) is 0 Å². The highest BCUT2D eigenvalue weighted by molar-refractivity contribution is 9.10. The average Bonchev–Trinajstić information content (AvgIpc) is 2.15. The van der Waals surface area contributed by atoms with Gasteiger partial charge in [0.15, 0.2) is 0 Å². The molecule has 0 radical (unpaired) electrons. The van der Waals surface area contributed by atoms with E-state index in [2.05, 4.69) is 15.9 Å². The zero-order valence-corrected chi connectivity index (χ0v) is 9.69. The molecule has 1 aromatic rings. The molecule has 0 saturated carbocycles. The van der Waals surface area contributed by atoms with E-state index in [0.717, 1.165) is 12.1 Å². The Morgan fingerprint density at radius 2 is 2.00 bits per heavy atom. The lowest BCUT2D eigenvalue weighted by atomic mass is 9.99. The van der Waals surface area contributed by atoms with Crippen molar-refractivity contribution >= 4 is 15.9 Å². The van der Waals surface area contributed by atoms with Gasteiger partial charge in [0, 0.05) is 4.47 Å². The lowest BCUT2D eigenvalue weighted by Gasteiger charge is -2.14. The van der Waals surface area contributed by atoms with E-state index in [1.54, 1.807) is 6.92 Å². The second kappa shape index (κ2) is 4.53. The molecule has 5 heteroatoms. The maximum atomic E-state index is 12.4. The van der Waals surface area contributed by atoms with Gasteiger partial charge in [-0.25, -0.2) is 0 Å². The monoisotopic (exact) mass is 281 g/mol. The third-order valence-electron chi connectivity index (χ3n) is 2.21. The SMILES string of the molecule is CC(CN)c1cc(C(F)(F)F)ccc1Br. The molecule has 84 valence electrons. The van der Waals surface area contributed by atoms with Gasteiger partial charge in [-0.1, -0.05) is 22.9 Å². The second-order valence-electron chi connectivity index (χ2n) is 3.37. The highest BCUT2D eigenvalue weighted by Gasteiger charge is 2.31. The van der Waals surface area contributed by atoms with Crippen molar-refractivity contribution in [1.82, 2.24) is 0 Å². The van der Waals surface area contributed by atoms with Crippen LogP contribution in [0.15, 0.2) is 22.7 Å². The van der Waals surface area contributed by atoms with E-state index in [4.69, 9.17) is 5.73 Å². The van der Waals surface area contributed by atoms with Gasteiger partial charge >= 0.3 is 6.18 Å². The summed E-state index contributed by atoms with van der Waals surface area (Å²) < 4.78 is 37.9. The molecule has 0 aliphatic rings.